The van der Waals surface area contributed by atoms with E-state index in [0.717, 1.165) is 0 Å². The molecule has 6 heteroatoms. The lowest BCUT2D eigenvalue weighted by Crippen LogP contribution is -2.36. The predicted octanol–water partition coefficient (Wildman–Crippen LogP) is 1.86. The molecule has 0 aliphatic carbocycles. The van der Waals surface area contributed by atoms with Gasteiger partial charge in [0.05, 0.1) is 31.9 Å². The highest BCUT2D eigenvalue weighted by atomic mass is 35.5. The average molecular weight is 288 g/mol. The van der Waals surface area contributed by atoms with Crippen molar-refractivity contribution in [1.82, 2.24) is 5.32 Å². The van der Waals surface area contributed by atoms with Gasteiger partial charge in [0.2, 0.25) is 0 Å². The number of carbonyl (C=O) groups is 1. The Morgan fingerprint density at radius 3 is 2.58 bits per heavy atom. The summed E-state index contributed by atoms with van der Waals surface area (Å²) in [6.45, 7) is 1.77. The molecule has 0 heterocycles. The summed E-state index contributed by atoms with van der Waals surface area (Å²) in [6.07, 6.45) is 0.642. The van der Waals surface area contributed by atoms with Crippen LogP contribution in [0.1, 0.15) is 23.7 Å². The highest BCUT2D eigenvalue weighted by Crippen LogP contribution is 2.35. The number of benzene rings is 1. The molecule has 0 aromatic heterocycles. The monoisotopic (exact) mass is 287 g/mol. The van der Waals surface area contributed by atoms with Gasteiger partial charge in [0.15, 0.2) is 11.5 Å². The highest BCUT2D eigenvalue weighted by molar-refractivity contribution is 6.32. The largest absolute Gasteiger partial charge is 0.493 e. The summed E-state index contributed by atoms with van der Waals surface area (Å²) in [6, 6.07) is 2.77. The lowest BCUT2D eigenvalue weighted by molar-refractivity contribution is 0.0914. The molecule has 0 bridgehead atoms. The normalized spacial score (nSPS) is 11.8. The van der Waals surface area contributed by atoms with Crippen LogP contribution >= 0.6 is 11.6 Å². The molecule has 0 saturated heterocycles. The smallest absolute Gasteiger partial charge is 0.251 e. The molecular formula is C13H18ClNO4. The van der Waals surface area contributed by atoms with Gasteiger partial charge in [0, 0.05) is 5.56 Å². The van der Waals surface area contributed by atoms with Gasteiger partial charge in [-0.1, -0.05) is 18.5 Å². The van der Waals surface area contributed by atoms with E-state index < -0.39 is 0 Å². The number of methoxy groups -OCH3 is 2. The van der Waals surface area contributed by atoms with Gasteiger partial charge in [-0.3, -0.25) is 4.79 Å². The number of amides is 1. The first kappa shape index (κ1) is 15.6. The molecule has 1 aromatic rings. The van der Waals surface area contributed by atoms with Gasteiger partial charge in [0.25, 0.3) is 5.91 Å². The van der Waals surface area contributed by atoms with Crippen molar-refractivity contribution in [2.75, 3.05) is 20.8 Å². The lowest BCUT2D eigenvalue weighted by Gasteiger charge is -2.15. The predicted molar refractivity (Wildman–Crippen MR) is 73.2 cm³/mol. The number of halogens is 1. The minimum Gasteiger partial charge on any atom is -0.493 e. The minimum atomic E-state index is -0.316. The van der Waals surface area contributed by atoms with Crippen molar-refractivity contribution in [3.8, 4) is 11.5 Å². The van der Waals surface area contributed by atoms with Crippen LogP contribution in [-0.2, 0) is 0 Å². The maximum absolute atomic E-state index is 12.0. The molecule has 0 radical (unpaired) electrons. The first-order valence-electron chi connectivity index (χ1n) is 5.90. The average Bonchev–Trinajstić information content (AvgIpc) is 2.43. The number of nitrogens with one attached hydrogen (secondary N) is 1. The van der Waals surface area contributed by atoms with Crippen LogP contribution in [0.4, 0.5) is 0 Å². The maximum Gasteiger partial charge on any atom is 0.251 e. The molecule has 0 spiro atoms. The minimum absolute atomic E-state index is 0.108. The Kier molecular flexibility index (Phi) is 5.92. The molecule has 1 rings (SSSR count). The number of aliphatic hydroxyl groups excluding tert-OH is 1. The summed E-state index contributed by atoms with van der Waals surface area (Å²) in [5.41, 5.74) is 0.356. The Hall–Kier alpha value is -1.46. The molecule has 5 nitrogen and oxygen atoms in total. The maximum atomic E-state index is 12.0. The van der Waals surface area contributed by atoms with Crippen LogP contribution in [0.5, 0.6) is 11.5 Å². The molecule has 19 heavy (non-hydrogen) atoms. The second-order valence-corrected chi connectivity index (χ2v) is 4.36. The van der Waals surface area contributed by atoms with Crippen molar-refractivity contribution < 1.29 is 19.4 Å². The van der Waals surface area contributed by atoms with Gasteiger partial charge in [-0.2, -0.15) is 0 Å². The summed E-state index contributed by atoms with van der Waals surface area (Å²) in [5.74, 6) is 0.455. The van der Waals surface area contributed by atoms with Gasteiger partial charge >= 0.3 is 0 Å². The third-order valence-electron chi connectivity index (χ3n) is 2.74. The van der Waals surface area contributed by atoms with Gasteiger partial charge in [-0.25, -0.2) is 0 Å². The van der Waals surface area contributed by atoms with Crippen LogP contribution < -0.4 is 14.8 Å². The zero-order chi connectivity index (χ0) is 14.4. The van der Waals surface area contributed by atoms with Gasteiger partial charge in [-0.05, 0) is 18.6 Å². The van der Waals surface area contributed by atoms with Gasteiger partial charge in [0.1, 0.15) is 0 Å². The van der Waals surface area contributed by atoms with Gasteiger partial charge < -0.3 is 19.9 Å². The summed E-state index contributed by atoms with van der Waals surface area (Å²) in [4.78, 5) is 12.0. The van der Waals surface area contributed by atoms with Crippen molar-refractivity contribution in [2.45, 2.75) is 19.4 Å². The summed E-state index contributed by atoms with van der Waals surface area (Å²) in [5, 5.41) is 12.1. The Balaban J connectivity index is 3.01. The van der Waals surface area contributed by atoms with Crippen molar-refractivity contribution in [3.63, 3.8) is 0 Å². The Morgan fingerprint density at radius 2 is 2.11 bits per heavy atom. The van der Waals surface area contributed by atoms with E-state index in [1.165, 1.54) is 20.3 Å². The molecule has 0 saturated carbocycles. The van der Waals surface area contributed by atoms with Crippen LogP contribution in [0, 0.1) is 0 Å². The van der Waals surface area contributed by atoms with Crippen LogP contribution in [0.3, 0.4) is 0 Å². The van der Waals surface area contributed by atoms with E-state index >= 15 is 0 Å². The van der Waals surface area contributed by atoms with E-state index in [4.69, 9.17) is 26.2 Å². The summed E-state index contributed by atoms with van der Waals surface area (Å²) in [7, 11) is 2.95. The van der Waals surface area contributed by atoms with Gasteiger partial charge in [-0.15, -0.1) is 0 Å². The number of carbonyl (C=O) groups excluding carboxylic acids is 1. The molecule has 1 aromatic carbocycles. The summed E-state index contributed by atoms with van der Waals surface area (Å²) < 4.78 is 10.2. The van der Waals surface area contributed by atoms with Crippen LogP contribution in [0.25, 0.3) is 0 Å². The van der Waals surface area contributed by atoms with Crippen molar-refractivity contribution in [1.29, 1.82) is 0 Å². The third kappa shape index (κ3) is 3.75. The van der Waals surface area contributed by atoms with E-state index in [2.05, 4.69) is 5.32 Å². The summed E-state index contributed by atoms with van der Waals surface area (Å²) >= 11 is 6.03. The zero-order valence-corrected chi connectivity index (χ0v) is 12.0. The van der Waals surface area contributed by atoms with E-state index in [0.29, 0.717) is 28.5 Å². The number of hydrogen-bond donors (Lipinski definition) is 2. The molecule has 106 valence electrons. The first-order chi connectivity index (χ1) is 9.07. The third-order valence-corrected chi connectivity index (χ3v) is 3.02. The molecule has 2 N–H and O–H groups in total. The molecule has 0 aliphatic rings. The molecule has 0 aliphatic heterocycles. The van der Waals surface area contributed by atoms with E-state index in [9.17, 15) is 4.79 Å². The van der Waals surface area contributed by atoms with Crippen molar-refractivity contribution in [2.24, 2.45) is 0 Å². The Morgan fingerprint density at radius 1 is 1.42 bits per heavy atom. The number of ether oxygens (including phenoxy) is 2. The van der Waals surface area contributed by atoms with E-state index in [1.54, 1.807) is 6.07 Å². The lowest BCUT2D eigenvalue weighted by atomic mass is 10.1. The fourth-order valence-electron chi connectivity index (χ4n) is 1.59. The van der Waals surface area contributed by atoms with Crippen LogP contribution in [0.2, 0.25) is 5.02 Å². The quantitative estimate of drug-likeness (QED) is 0.838. The number of aliphatic hydroxyl groups is 1. The SMILES string of the molecule is CC[C@H](CO)NC(=O)c1cc(Cl)c(OC)c(OC)c1. The van der Waals surface area contributed by atoms with E-state index in [1.807, 2.05) is 6.92 Å². The number of hydrogen-bond acceptors (Lipinski definition) is 4. The Labute approximate surface area is 117 Å². The van der Waals surface area contributed by atoms with Crippen LogP contribution in [-0.4, -0.2) is 37.9 Å². The zero-order valence-electron chi connectivity index (χ0n) is 11.2. The topological polar surface area (TPSA) is 67.8 Å². The fraction of sp³-hybridized carbons (Fsp3) is 0.462. The first-order valence-corrected chi connectivity index (χ1v) is 6.28. The van der Waals surface area contributed by atoms with Crippen LogP contribution in [0.15, 0.2) is 12.1 Å². The molecule has 1 atom stereocenters. The fourth-order valence-corrected chi connectivity index (χ4v) is 1.88. The molecule has 1 amide bonds. The standard InChI is InChI=1S/C13H18ClNO4/c1-4-9(7-16)15-13(17)8-5-10(14)12(19-3)11(6-8)18-2/h5-6,9,16H,4,7H2,1-3H3,(H,15,17)/t9-/m1/s1. The molecule has 0 fully saturated rings. The second kappa shape index (κ2) is 7.21. The highest BCUT2D eigenvalue weighted by Gasteiger charge is 2.17. The Bertz CT molecular complexity index is 447. The van der Waals surface area contributed by atoms with Crippen molar-refractivity contribution >= 4 is 17.5 Å². The van der Waals surface area contributed by atoms with Crippen molar-refractivity contribution in [3.05, 3.63) is 22.7 Å². The van der Waals surface area contributed by atoms with E-state index in [-0.39, 0.29) is 18.6 Å². The number of rotatable bonds is 6. The molecular weight excluding hydrogens is 270 g/mol. The second-order valence-electron chi connectivity index (χ2n) is 3.95. The molecule has 0 unspecified atom stereocenters.